The Hall–Kier alpha value is -3.96. The van der Waals surface area contributed by atoms with E-state index in [9.17, 15) is 10.1 Å². The second kappa shape index (κ2) is 8.05. The molecular formula is C23H22N6O2. The normalized spacial score (nSPS) is 10.9. The van der Waals surface area contributed by atoms with Gasteiger partial charge in [-0.05, 0) is 41.8 Å². The number of nitrogens with two attached hydrogens (primary N) is 1. The molecule has 0 fully saturated rings. The predicted molar refractivity (Wildman–Crippen MR) is 119 cm³/mol. The van der Waals surface area contributed by atoms with E-state index >= 15 is 0 Å². The summed E-state index contributed by atoms with van der Waals surface area (Å²) >= 11 is 0. The van der Waals surface area contributed by atoms with Gasteiger partial charge in [-0.25, -0.2) is 5.10 Å². The van der Waals surface area contributed by atoms with Crippen LogP contribution < -0.4 is 16.0 Å². The van der Waals surface area contributed by atoms with Gasteiger partial charge in [0.05, 0.1) is 35.6 Å². The molecule has 0 saturated carbocycles. The molecule has 8 nitrogen and oxygen atoms in total. The lowest BCUT2D eigenvalue weighted by molar-refractivity contribution is 0.414. The highest BCUT2D eigenvalue weighted by molar-refractivity contribution is 5.92. The Morgan fingerprint density at radius 2 is 2.03 bits per heavy atom. The van der Waals surface area contributed by atoms with E-state index in [2.05, 4.69) is 21.4 Å². The van der Waals surface area contributed by atoms with Crippen LogP contribution in [-0.4, -0.2) is 27.1 Å². The molecule has 0 spiro atoms. The van der Waals surface area contributed by atoms with Gasteiger partial charge >= 0.3 is 0 Å². The van der Waals surface area contributed by atoms with Crippen molar-refractivity contribution in [2.45, 2.75) is 19.9 Å². The summed E-state index contributed by atoms with van der Waals surface area (Å²) in [5.74, 6) is 0.678. The van der Waals surface area contributed by atoms with Gasteiger partial charge < -0.3 is 10.5 Å². The maximum atomic E-state index is 12.2. The van der Waals surface area contributed by atoms with E-state index in [0.29, 0.717) is 34.2 Å². The molecule has 0 aliphatic carbocycles. The standard InChI is InChI=1S/C23H22N6O2/c1-4-13-7-15(31-3)9-18(19(13)10-24)22-20(12-26-29(22)2)14-5-6-16-17(8-14)21(11-25)27-28-23(16)30/h5-9,12H,4,11,25H2,1-3H3,(H,28,30). The van der Waals surface area contributed by atoms with Crippen LogP contribution in [0, 0.1) is 11.3 Å². The number of nitrogens with one attached hydrogen (secondary N) is 1. The van der Waals surface area contributed by atoms with Gasteiger partial charge in [-0.15, -0.1) is 0 Å². The molecule has 0 radical (unpaired) electrons. The number of hydrogen-bond donors (Lipinski definition) is 2. The summed E-state index contributed by atoms with van der Waals surface area (Å²) in [4.78, 5) is 12.2. The van der Waals surface area contributed by atoms with E-state index in [1.807, 2.05) is 38.2 Å². The Bertz CT molecular complexity index is 1390. The Balaban J connectivity index is 2.01. The molecule has 0 atom stereocenters. The first kappa shape index (κ1) is 20.3. The second-order valence-corrected chi connectivity index (χ2v) is 7.17. The van der Waals surface area contributed by atoms with Crippen molar-refractivity contribution in [3.63, 3.8) is 0 Å². The van der Waals surface area contributed by atoms with Gasteiger partial charge in [-0.2, -0.15) is 15.5 Å². The third-order valence-electron chi connectivity index (χ3n) is 5.49. The molecule has 31 heavy (non-hydrogen) atoms. The van der Waals surface area contributed by atoms with Crippen molar-refractivity contribution >= 4 is 10.8 Å². The van der Waals surface area contributed by atoms with Crippen molar-refractivity contribution in [1.29, 1.82) is 5.26 Å². The van der Waals surface area contributed by atoms with Gasteiger partial charge in [-0.3, -0.25) is 9.48 Å². The topological polar surface area (TPSA) is 123 Å². The quantitative estimate of drug-likeness (QED) is 0.518. The molecule has 0 unspecified atom stereocenters. The number of ether oxygens (including phenoxy) is 1. The molecule has 0 saturated heterocycles. The monoisotopic (exact) mass is 414 g/mol. The molecule has 8 heteroatoms. The van der Waals surface area contributed by atoms with Crippen LogP contribution in [0.5, 0.6) is 5.75 Å². The van der Waals surface area contributed by atoms with E-state index in [1.165, 1.54) is 0 Å². The van der Waals surface area contributed by atoms with Crippen molar-refractivity contribution in [3.05, 3.63) is 63.7 Å². The van der Waals surface area contributed by atoms with E-state index in [-0.39, 0.29) is 12.1 Å². The van der Waals surface area contributed by atoms with Gasteiger partial charge in [0.25, 0.3) is 5.56 Å². The van der Waals surface area contributed by atoms with Crippen molar-refractivity contribution < 1.29 is 4.74 Å². The minimum atomic E-state index is -0.266. The predicted octanol–water partition coefficient (Wildman–Crippen LogP) is 2.89. The summed E-state index contributed by atoms with van der Waals surface area (Å²) in [5, 5.41) is 22.1. The summed E-state index contributed by atoms with van der Waals surface area (Å²) in [5.41, 5.74) is 10.9. The van der Waals surface area contributed by atoms with Crippen LogP contribution >= 0.6 is 0 Å². The fraction of sp³-hybridized carbons (Fsp3) is 0.217. The van der Waals surface area contributed by atoms with Crippen LogP contribution in [0.25, 0.3) is 33.2 Å². The molecule has 3 N–H and O–H groups in total. The van der Waals surface area contributed by atoms with E-state index in [0.717, 1.165) is 27.9 Å². The SMILES string of the molecule is CCc1cc(OC)cc(-c2c(-c3ccc4c(=O)[nH]nc(CN)c4c3)cnn2C)c1C#N. The summed E-state index contributed by atoms with van der Waals surface area (Å²) < 4.78 is 7.23. The third kappa shape index (κ3) is 3.35. The Kier molecular flexibility index (Phi) is 5.28. The van der Waals surface area contributed by atoms with Gasteiger partial charge in [0.2, 0.25) is 0 Å². The number of aryl methyl sites for hydroxylation is 2. The Morgan fingerprint density at radius 3 is 2.71 bits per heavy atom. The molecular weight excluding hydrogens is 392 g/mol. The van der Waals surface area contributed by atoms with Crippen molar-refractivity contribution in [2.24, 2.45) is 12.8 Å². The highest BCUT2D eigenvalue weighted by atomic mass is 16.5. The van der Waals surface area contributed by atoms with Crippen LogP contribution in [0.4, 0.5) is 0 Å². The zero-order chi connectivity index (χ0) is 22.1. The first-order valence-electron chi connectivity index (χ1n) is 9.87. The number of H-pyrrole nitrogens is 1. The van der Waals surface area contributed by atoms with Crippen LogP contribution in [0.2, 0.25) is 0 Å². The zero-order valence-corrected chi connectivity index (χ0v) is 17.6. The number of aromatic amines is 1. The van der Waals surface area contributed by atoms with E-state index < -0.39 is 0 Å². The molecule has 4 rings (SSSR count). The number of methoxy groups -OCH3 is 1. The van der Waals surface area contributed by atoms with Gasteiger partial charge in [-0.1, -0.05) is 13.0 Å². The van der Waals surface area contributed by atoms with Gasteiger partial charge in [0, 0.05) is 30.1 Å². The largest absolute Gasteiger partial charge is 0.497 e. The van der Waals surface area contributed by atoms with Crippen molar-refractivity contribution in [1.82, 2.24) is 20.0 Å². The number of rotatable bonds is 5. The second-order valence-electron chi connectivity index (χ2n) is 7.17. The maximum absolute atomic E-state index is 12.2. The van der Waals surface area contributed by atoms with E-state index in [4.69, 9.17) is 10.5 Å². The number of nitriles is 1. The zero-order valence-electron chi connectivity index (χ0n) is 17.6. The average Bonchev–Trinajstić information content (AvgIpc) is 3.19. The Morgan fingerprint density at radius 1 is 1.23 bits per heavy atom. The van der Waals surface area contributed by atoms with Gasteiger partial charge in [0.15, 0.2) is 0 Å². The number of hydrogen-bond acceptors (Lipinski definition) is 6. The molecule has 0 bridgehead atoms. The minimum Gasteiger partial charge on any atom is -0.497 e. The fourth-order valence-electron chi connectivity index (χ4n) is 3.90. The van der Waals surface area contributed by atoms with Crippen LogP contribution in [0.15, 0.2) is 41.3 Å². The lowest BCUT2D eigenvalue weighted by atomic mass is 9.93. The van der Waals surface area contributed by atoms with Gasteiger partial charge in [0.1, 0.15) is 11.8 Å². The molecule has 0 amide bonds. The summed E-state index contributed by atoms with van der Waals surface area (Å²) in [7, 11) is 3.45. The van der Waals surface area contributed by atoms with Crippen LogP contribution in [-0.2, 0) is 20.0 Å². The highest BCUT2D eigenvalue weighted by Gasteiger charge is 2.20. The molecule has 156 valence electrons. The lowest BCUT2D eigenvalue weighted by Crippen LogP contribution is -2.13. The fourth-order valence-corrected chi connectivity index (χ4v) is 3.90. The molecule has 0 aliphatic heterocycles. The smallest absolute Gasteiger partial charge is 0.272 e. The average molecular weight is 414 g/mol. The molecule has 4 aromatic rings. The summed E-state index contributed by atoms with van der Waals surface area (Å²) in [6.45, 7) is 2.21. The maximum Gasteiger partial charge on any atom is 0.272 e. The molecule has 2 aromatic carbocycles. The molecule has 0 aliphatic rings. The highest BCUT2D eigenvalue weighted by Crippen LogP contribution is 2.38. The molecule has 2 heterocycles. The van der Waals surface area contributed by atoms with E-state index in [1.54, 1.807) is 24.1 Å². The summed E-state index contributed by atoms with van der Waals surface area (Å²) in [6, 6.07) is 11.6. The number of benzene rings is 2. The van der Waals surface area contributed by atoms with Crippen molar-refractivity contribution in [3.8, 4) is 34.2 Å². The Labute approximate surface area is 178 Å². The summed E-state index contributed by atoms with van der Waals surface area (Å²) in [6.07, 6.45) is 2.45. The number of aromatic nitrogens is 4. The van der Waals surface area contributed by atoms with Crippen LogP contribution in [0.1, 0.15) is 23.7 Å². The van der Waals surface area contributed by atoms with Crippen molar-refractivity contribution in [2.75, 3.05) is 7.11 Å². The number of nitrogens with zero attached hydrogens (tertiary/aromatic N) is 4. The first-order chi connectivity index (χ1) is 15.0. The van der Waals surface area contributed by atoms with Crippen LogP contribution in [0.3, 0.4) is 0 Å². The number of fused-ring (bicyclic) bond motifs is 1. The third-order valence-corrected chi connectivity index (χ3v) is 5.49. The minimum absolute atomic E-state index is 0.199. The first-order valence-corrected chi connectivity index (χ1v) is 9.87. The lowest BCUT2D eigenvalue weighted by Gasteiger charge is -2.14. The molecule has 2 aromatic heterocycles.